The molecule has 3 aromatic rings. The van der Waals surface area contributed by atoms with Gasteiger partial charge in [-0.25, -0.2) is 0 Å². The Labute approximate surface area is 168 Å². The van der Waals surface area contributed by atoms with Crippen LogP contribution in [0, 0.1) is 6.92 Å². The van der Waals surface area contributed by atoms with Crippen molar-refractivity contribution < 1.29 is 9.90 Å². The molecule has 3 nitrogen and oxygen atoms in total. The highest BCUT2D eigenvalue weighted by Gasteiger charge is 2.11. The van der Waals surface area contributed by atoms with E-state index in [4.69, 9.17) is 5.11 Å². The zero-order chi connectivity index (χ0) is 19.1. The molecule has 1 N–H and O–H groups in total. The van der Waals surface area contributed by atoms with Crippen LogP contribution >= 0.6 is 23.1 Å². The largest absolute Gasteiger partial charge is 0.481 e. The van der Waals surface area contributed by atoms with Gasteiger partial charge >= 0.3 is 5.97 Å². The zero-order valence-corrected chi connectivity index (χ0v) is 16.9. The molecule has 140 valence electrons. The molecule has 0 saturated carbocycles. The van der Waals surface area contributed by atoms with Crippen molar-refractivity contribution in [2.45, 2.75) is 36.2 Å². The molecule has 0 spiro atoms. The fourth-order valence-corrected chi connectivity index (χ4v) is 4.52. The van der Waals surface area contributed by atoms with Gasteiger partial charge in [-0.2, -0.15) is 0 Å². The van der Waals surface area contributed by atoms with Crippen LogP contribution in [0.25, 0.3) is 0 Å². The number of carbonyl (C=O) groups is 1. The third-order valence-corrected chi connectivity index (χ3v) is 6.02. The smallest absolute Gasteiger partial charge is 0.304 e. The molecule has 2 aromatic carbocycles. The van der Waals surface area contributed by atoms with Crippen molar-refractivity contribution in [2.24, 2.45) is 0 Å². The van der Waals surface area contributed by atoms with E-state index < -0.39 is 5.97 Å². The first-order chi connectivity index (χ1) is 13.1. The Bertz CT molecular complexity index is 877. The minimum atomic E-state index is -0.755. The highest BCUT2D eigenvalue weighted by Crippen LogP contribution is 2.28. The van der Waals surface area contributed by atoms with E-state index >= 15 is 0 Å². The fourth-order valence-electron chi connectivity index (χ4n) is 2.90. The molecule has 0 atom stereocenters. The number of rotatable bonds is 9. The molecule has 0 unspecified atom stereocenters. The van der Waals surface area contributed by atoms with Gasteiger partial charge in [0.2, 0.25) is 0 Å². The molecule has 3 rings (SSSR count). The molecule has 1 aromatic heterocycles. The Morgan fingerprint density at radius 2 is 1.74 bits per heavy atom. The summed E-state index contributed by atoms with van der Waals surface area (Å²) in [6.07, 6.45) is 0.154. The average molecular weight is 398 g/mol. The van der Waals surface area contributed by atoms with Crippen molar-refractivity contribution >= 4 is 29.1 Å². The first-order valence-corrected chi connectivity index (χ1v) is 10.6. The highest BCUT2D eigenvalue weighted by molar-refractivity contribution is 7.99. The number of hydrogen-bond acceptors (Lipinski definition) is 4. The van der Waals surface area contributed by atoms with Crippen LogP contribution in [0.5, 0.6) is 0 Å². The summed E-state index contributed by atoms with van der Waals surface area (Å²) in [7, 11) is 0. The molecule has 1 heterocycles. The lowest BCUT2D eigenvalue weighted by Crippen LogP contribution is -2.25. The lowest BCUT2D eigenvalue weighted by Gasteiger charge is -2.21. The molecule has 0 aliphatic carbocycles. The van der Waals surface area contributed by atoms with E-state index in [2.05, 4.69) is 59.7 Å². The number of nitrogens with zero attached hydrogens (tertiary/aromatic N) is 1. The Morgan fingerprint density at radius 1 is 1.00 bits per heavy atom. The number of aliphatic carboxylic acids is 1. The van der Waals surface area contributed by atoms with Crippen molar-refractivity contribution in [3.05, 3.63) is 82.0 Å². The Balaban J connectivity index is 1.70. The summed E-state index contributed by atoms with van der Waals surface area (Å²) in [6, 6.07) is 21.0. The van der Waals surface area contributed by atoms with E-state index in [0.717, 1.165) is 13.1 Å². The van der Waals surface area contributed by atoms with Gasteiger partial charge in [0.25, 0.3) is 0 Å². The summed E-state index contributed by atoms with van der Waals surface area (Å²) >= 11 is 3.48. The Kier molecular flexibility index (Phi) is 7.10. The predicted octanol–water partition coefficient (Wildman–Crippen LogP) is 5.68. The van der Waals surface area contributed by atoms with Gasteiger partial charge < -0.3 is 5.11 Å². The number of benzene rings is 2. The van der Waals surface area contributed by atoms with Gasteiger partial charge in [0, 0.05) is 34.3 Å². The number of aryl methyl sites for hydroxylation is 1. The minimum Gasteiger partial charge on any atom is -0.481 e. The van der Waals surface area contributed by atoms with Crippen LogP contribution in [0.4, 0.5) is 0 Å². The maximum Gasteiger partial charge on any atom is 0.304 e. The first-order valence-electron chi connectivity index (χ1n) is 8.88. The van der Waals surface area contributed by atoms with E-state index in [1.54, 1.807) is 23.1 Å². The maximum atomic E-state index is 11.0. The van der Waals surface area contributed by atoms with Gasteiger partial charge in [0.1, 0.15) is 0 Å². The molecule has 0 fully saturated rings. The van der Waals surface area contributed by atoms with E-state index in [1.165, 1.54) is 25.8 Å². The maximum absolute atomic E-state index is 11.0. The topological polar surface area (TPSA) is 40.5 Å². The normalized spacial score (nSPS) is 11.0. The van der Waals surface area contributed by atoms with E-state index in [0.29, 0.717) is 6.54 Å². The summed E-state index contributed by atoms with van der Waals surface area (Å²) in [6.45, 7) is 4.15. The standard InChI is InChI=1S/C22H23NO2S2/c1-17-12-19(16-26-17)15-23(11-10-22(24)25)14-18-6-5-9-21(13-18)27-20-7-3-2-4-8-20/h2-9,12-13,16H,10-11,14-15H2,1H3,(H,24,25). The van der Waals surface area contributed by atoms with Gasteiger partial charge in [-0.05, 0) is 53.8 Å². The fraction of sp³-hybridized carbons (Fsp3) is 0.227. The van der Waals surface area contributed by atoms with Crippen molar-refractivity contribution in [1.29, 1.82) is 0 Å². The van der Waals surface area contributed by atoms with Crippen LogP contribution in [0.15, 0.2) is 75.8 Å². The second-order valence-corrected chi connectivity index (χ2v) is 8.74. The molecule has 5 heteroatoms. The quantitative estimate of drug-likeness (QED) is 0.504. The summed E-state index contributed by atoms with van der Waals surface area (Å²) in [5, 5.41) is 11.2. The van der Waals surface area contributed by atoms with Crippen molar-refractivity contribution in [1.82, 2.24) is 4.90 Å². The predicted molar refractivity (Wildman–Crippen MR) is 112 cm³/mol. The molecule has 0 aliphatic rings. The highest BCUT2D eigenvalue weighted by atomic mass is 32.2. The summed E-state index contributed by atoms with van der Waals surface area (Å²) in [5.41, 5.74) is 2.45. The van der Waals surface area contributed by atoms with Crippen LogP contribution in [-0.4, -0.2) is 22.5 Å². The summed E-state index contributed by atoms with van der Waals surface area (Å²) < 4.78 is 0. The molecule has 27 heavy (non-hydrogen) atoms. The molecule has 0 amide bonds. The Hall–Kier alpha value is -2.08. The molecule has 0 radical (unpaired) electrons. The van der Waals surface area contributed by atoms with Crippen LogP contribution in [-0.2, 0) is 17.9 Å². The molecule has 0 bridgehead atoms. The minimum absolute atomic E-state index is 0.154. The lowest BCUT2D eigenvalue weighted by molar-refractivity contribution is -0.137. The second kappa shape index (κ2) is 9.74. The van der Waals surface area contributed by atoms with Crippen LogP contribution in [0.3, 0.4) is 0 Å². The number of carboxylic acid groups (broad SMARTS) is 1. The monoisotopic (exact) mass is 397 g/mol. The van der Waals surface area contributed by atoms with Crippen LogP contribution in [0.2, 0.25) is 0 Å². The Morgan fingerprint density at radius 3 is 2.44 bits per heavy atom. The molecule has 0 saturated heterocycles. The van der Waals surface area contributed by atoms with Crippen molar-refractivity contribution in [3.63, 3.8) is 0 Å². The van der Waals surface area contributed by atoms with E-state index in [-0.39, 0.29) is 6.42 Å². The lowest BCUT2D eigenvalue weighted by atomic mass is 10.2. The zero-order valence-electron chi connectivity index (χ0n) is 15.3. The van der Waals surface area contributed by atoms with Gasteiger partial charge in [-0.1, -0.05) is 42.1 Å². The SMILES string of the molecule is Cc1cc(CN(CCC(=O)O)Cc2cccc(Sc3ccccc3)c2)cs1. The van der Waals surface area contributed by atoms with Crippen molar-refractivity contribution in [2.75, 3.05) is 6.54 Å². The second-order valence-electron chi connectivity index (χ2n) is 6.48. The number of hydrogen-bond donors (Lipinski definition) is 1. The third-order valence-electron chi connectivity index (χ3n) is 4.12. The first kappa shape index (κ1) is 19.7. The van der Waals surface area contributed by atoms with Crippen LogP contribution < -0.4 is 0 Å². The van der Waals surface area contributed by atoms with Gasteiger partial charge in [-0.3, -0.25) is 9.69 Å². The number of thiophene rings is 1. The average Bonchev–Trinajstić information content (AvgIpc) is 3.06. The molecular formula is C22H23NO2S2. The molecule has 0 aliphatic heterocycles. The van der Waals surface area contributed by atoms with Gasteiger partial charge in [0.15, 0.2) is 0 Å². The van der Waals surface area contributed by atoms with E-state index in [1.807, 2.05) is 18.2 Å². The summed E-state index contributed by atoms with van der Waals surface area (Å²) in [5.74, 6) is -0.755. The summed E-state index contributed by atoms with van der Waals surface area (Å²) in [4.78, 5) is 16.9. The van der Waals surface area contributed by atoms with E-state index in [9.17, 15) is 4.79 Å². The van der Waals surface area contributed by atoms with Gasteiger partial charge in [0.05, 0.1) is 6.42 Å². The third kappa shape index (κ3) is 6.54. The number of carboxylic acids is 1. The molecular weight excluding hydrogens is 374 g/mol. The van der Waals surface area contributed by atoms with Crippen molar-refractivity contribution in [3.8, 4) is 0 Å². The van der Waals surface area contributed by atoms with Crippen LogP contribution in [0.1, 0.15) is 22.4 Å². The van der Waals surface area contributed by atoms with Gasteiger partial charge in [-0.15, -0.1) is 11.3 Å².